The first kappa shape index (κ1) is 21.6. The summed E-state index contributed by atoms with van der Waals surface area (Å²) in [5, 5.41) is 17.4. The molecular formula is C25H27N5O2S. The number of aromatic nitrogens is 3. The van der Waals surface area contributed by atoms with Crippen molar-refractivity contribution in [3.05, 3.63) is 54.2 Å². The summed E-state index contributed by atoms with van der Waals surface area (Å²) in [4.78, 5) is 14.5. The third-order valence-electron chi connectivity index (χ3n) is 6.06. The fourth-order valence-corrected chi connectivity index (χ4v) is 5.43. The monoisotopic (exact) mass is 461 g/mol. The molecule has 1 aliphatic rings. The Kier molecular flexibility index (Phi) is 6.11. The SMILES string of the molecule is COc1cccc(Nc2nc(C)c(-c3nc4ccccc4s3)c(N[C@H]3CC[C@@H](CO)C3)n2)c1. The predicted molar refractivity (Wildman–Crippen MR) is 133 cm³/mol. The van der Waals surface area contributed by atoms with E-state index in [1.165, 1.54) is 0 Å². The van der Waals surface area contributed by atoms with E-state index in [1.807, 2.05) is 49.4 Å². The quantitative estimate of drug-likeness (QED) is 0.340. The van der Waals surface area contributed by atoms with Gasteiger partial charge in [0.2, 0.25) is 5.95 Å². The highest BCUT2D eigenvalue weighted by Crippen LogP contribution is 2.38. The summed E-state index contributed by atoms with van der Waals surface area (Å²) >= 11 is 1.65. The highest BCUT2D eigenvalue weighted by Gasteiger charge is 2.26. The molecule has 0 aliphatic heterocycles. The number of nitrogens with one attached hydrogen (secondary N) is 2. The minimum Gasteiger partial charge on any atom is -0.497 e. The molecule has 2 aromatic heterocycles. The van der Waals surface area contributed by atoms with Crippen LogP contribution in [0.25, 0.3) is 20.8 Å². The number of aliphatic hydroxyl groups is 1. The second-order valence-electron chi connectivity index (χ2n) is 8.40. The molecule has 8 heteroatoms. The van der Waals surface area contributed by atoms with Gasteiger partial charge in [-0.15, -0.1) is 11.3 Å². The Labute approximate surface area is 196 Å². The van der Waals surface area contributed by atoms with Crippen LogP contribution in [-0.4, -0.2) is 39.8 Å². The van der Waals surface area contributed by atoms with Crippen molar-refractivity contribution >= 4 is 39.0 Å². The number of para-hydroxylation sites is 1. The van der Waals surface area contributed by atoms with Crippen LogP contribution in [0.1, 0.15) is 25.0 Å². The zero-order valence-corrected chi connectivity index (χ0v) is 19.5. The molecule has 0 amide bonds. The zero-order chi connectivity index (χ0) is 22.8. The van der Waals surface area contributed by atoms with Crippen molar-refractivity contribution in [2.24, 2.45) is 5.92 Å². The number of hydrogen-bond acceptors (Lipinski definition) is 8. The lowest BCUT2D eigenvalue weighted by molar-refractivity contribution is 0.229. The van der Waals surface area contributed by atoms with Crippen molar-refractivity contribution in [3.63, 3.8) is 0 Å². The van der Waals surface area contributed by atoms with E-state index in [4.69, 9.17) is 19.7 Å². The van der Waals surface area contributed by atoms with E-state index in [9.17, 15) is 5.11 Å². The number of fused-ring (bicyclic) bond motifs is 1. The van der Waals surface area contributed by atoms with Crippen LogP contribution in [0.2, 0.25) is 0 Å². The van der Waals surface area contributed by atoms with Crippen LogP contribution in [0, 0.1) is 12.8 Å². The lowest BCUT2D eigenvalue weighted by Gasteiger charge is -2.18. The van der Waals surface area contributed by atoms with E-state index in [1.54, 1.807) is 18.4 Å². The van der Waals surface area contributed by atoms with Gasteiger partial charge in [0, 0.05) is 24.4 Å². The van der Waals surface area contributed by atoms with E-state index in [2.05, 4.69) is 16.7 Å². The first-order chi connectivity index (χ1) is 16.1. The molecule has 0 radical (unpaired) electrons. The number of rotatable bonds is 7. The molecule has 0 spiro atoms. The molecule has 0 saturated heterocycles. The number of methoxy groups -OCH3 is 1. The zero-order valence-electron chi connectivity index (χ0n) is 18.7. The number of benzene rings is 2. The number of hydrogen-bond donors (Lipinski definition) is 3. The van der Waals surface area contributed by atoms with E-state index in [0.717, 1.165) is 63.0 Å². The molecule has 1 fully saturated rings. The molecule has 1 saturated carbocycles. The molecule has 2 atom stereocenters. The summed E-state index contributed by atoms with van der Waals surface area (Å²) < 4.78 is 6.47. The summed E-state index contributed by atoms with van der Waals surface area (Å²) in [6, 6.07) is 16.1. The third kappa shape index (κ3) is 4.62. The minimum atomic E-state index is 0.231. The van der Waals surface area contributed by atoms with Crippen LogP contribution in [0.3, 0.4) is 0 Å². The summed E-state index contributed by atoms with van der Waals surface area (Å²) in [5.74, 6) is 2.40. The van der Waals surface area contributed by atoms with Crippen molar-refractivity contribution in [2.45, 2.75) is 32.2 Å². The number of aliphatic hydroxyl groups excluding tert-OH is 1. The van der Waals surface area contributed by atoms with Gasteiger partial charge >= 0.3 is 0 Å². The molecule has 3 N–H and O–H groups in total. The van der Waals surface area contributed by atoms with Crippen molar-refractivity contribution in [3.8, 4) is 16.3 Å². The fourth-order valence-electron chi connectivity index (χ4n) is 4.36. The molecular weight excluding hydrogens is 434 g/mol. The normalized spacial score (nSPS) is 17.9. The average molecular weight is 462 g/mol. The first-order valence-corrected chi connectivity index (χ1v) is 12.0. The Morgan fingerprint density at radius 2 is 1.97 bits per heavy atom. The van der Waals surface area contributed by atoms with Gasteiger partial charge in [-0.25, -0.2) is 9.97 Å². The maximum Gasteiger partial charge on any atom is 0.229 e. The molecule has 2 heterocycles. The average Bonchev–Trinajstić information content (AvgIpc) is 3.45. The molecule has 0 bridgehead atoms. The van der Waals surface area contributed by atoms with Gasteiger partial charge in [0.1, 0.15) is 16.6 Å². The summed E-state index contributed by atoms with van der Waals surface area (Å²) in [6.45, 7) is 2.23. The van der Waals surface area contributed by atoms with Crippen LogP contribution in [0.4, 0.5) is 17.5 Å². The number of aryl methyl sites for hydroxylation is 1. The van der Waals surface area contributed by atoms with E-state index in [-0.39, 0.29) is 12.6 Å². The van der Waals surface area contributed by atoms with Gasteiger partial charge in [0.15, 0.2) is 0 Å². The topological polar surface area (TPSA) is 92.2 Å². The highest BCUT2D eigenvalue weighted by atomic mass is 32.1. The molecule has 33 heavy (non-hydrogen) atoms. The minimum absolute atomic E-state index is 0.231. The summed E-state index contributed by atoms with van der Waals surface area (Å²) in [6.07, 6.45) is 2.95. The lowest BCUT2D eigenvalue weighted by Crippen LogP contribution is -2.19. The number of nitrogens with zero attached hydrogens (tertiary/aromatic N) is 3. The predicted octanol–water partition coefficient (Wildman–Crippen LogP) is 5.39. The van der Waals surface area contributed by atoms with Gasteiger partial charge in [-0.05, 0) is 56.4 Å². The molecule has 7 nitrogen and oxygen atoms in total. The van der Waals surface area contributed by atoms with Crippen LogP contribution in [0.5, 0.6) is 5.75 Å². The van der Waals surface area contributed by atoms with Gasteiger partial charge in [0.05, 0.1) is 28.6 Å². The van der Waals surface area contributed by atoms with Gasteiger partial charge in [-0.1, -0.05) is 18.2 Å². The Morgan fingerprint density at radius 1 is 1.09 bits per heavy atom. The second-order valence-corrected chi connectivity index (χ2v) is 9.43. The van der Waals surface area contributed by atoms with Gasteiger partial charge in [-0.3, -0.25) is 0 Å². The number of ether oxygens (including phenoxy) is 1. The van der Waals surface area contributed by atoms with Crippen molar-refractivity contribution in [1.82, 2.24) is 15.0 Å². The van der Waals surface area contributed by atoms with Gasteiger partial charge < -0.3 is 20.5 Å². The molecule has 4 aromatic rings. The van der Waals surface area contributed by atoms with Crippen molar-refractivity contribution in [1.29, 1.82) is 0 Å². The fraction of sp³-hybridized carbons (Fsp3) is 0.320. The Morgan fingerprint density at radius 3 is 2.76 bits per heavy atom. The summed E-state index contributed by atoms with van der Waals surface area (Å²) in [5.41, 5.74) is 3.62. The molecule has 2 aromatic carbocycles. The van der Waals surface area contributed by atoms with Gasteiger partial charge in [0.25, 0.3) is 0 Å². The maximum absolute atomic E-state index is 9.58. The molecule has 0 unspecified atom stereocenters. The molecule has 5 rings (SSSR count). The maximum atomic E-state index is 9.58. The van der Waals surface area contributed by atoms with Crippen LogP contribution in [0.15, 0.2) is 48.5 Å². The number of anilines is 3. The second kappa shape index (κ2) is 9.33. The van der Waals surface area contributed by atoms with E-state index in [0.29, 0.717) is 11.9 Å². The molecule has 1 aliphatic carbocycles. The first-order valence-electron chi connectivity index (χ1n) is 11.2. The highest BCUT2D eigenvalue weighted by molar-refractivity contribution is 7.21. The standard InChI is InChI=1S/C25H27N5O2S/c1-15-22(24-29-20-8-3-4-9-21(20)33-24)23(27-18-11-10-16(12-18)14-31)30-25(26-15)28-17-6-5-7-19(13-17)32-2/h3-9,13,16,18,31H,10-12,14H2,1-2H3,(H2,26,27,28,30)/t16-,18+/m1/s1. The lowest BCUT2D eigenvalue weighted by atomic mass is 10.1. The Bertz CT molecular complexity index is 1240. The van der Waals surface area contributed by atoms with Crippen LogP contribution >= 0.6 is 11.3 Å². The smallest absolute Gasteiger partial charge is 0.229 e. The van der Waals surface area contributed by atoms with Crippen molar-refractivity contribution in [2.75, 3.05) is 24.4 Å². The van der Waals surface area contributed by atoms with Crippen molar-refractivity contribution < 1.29 is 9.84 Å². The third-order valence-corrected chi connectivity index (χ3v) is 7.12. The summed E-state index contributed by atoms with van der Waals surface area (Å²) in [7, 11) is 1.65. The van der Waals surface area contributed by atoms with Crippen LogP contribution in [-0.2, 0) is 0 Å². The largest absolute Gasteiger partial charge is 0.497 e. The number of thiazole rings is 1. The van der Waals surface area contributed by atoms with E-state index >= 15 is 0 Å². The van der Waals surface area contributed by atoms with Crippen LogP contribution < -0.4 is 15.4 Å². The Hall–Kier alpha value is -3.23. The Balaban J connectivity index is 1.53. The van der Waals surface area contributed by atoms with Gasteiger partial charge in [-0.2, -0.15) is 4.98 Å². The molecule has 170 valence electrons. The van der Waals surface area contributed by atoms with E-state index < -0.39 is 0 Å².